The topological polar surface area (TPSA) is 79.7 Å². The summed E-state index contributed by atoms with van der Waals surface area (Å²) in [6, 6.07) is 9.04. The lowest BCUT2D eigenvalue weighted by molar-refractivity contribution is -0.0351. The van der Waals surface area contributed by atoms with Gasteiger partial charge >= 0.3 is 12.0 Å². The highest BCUT2D eigenvalue weighted by Gasteiger charge is 2.43. The molecule has 1 aromatic heterocycles. The molecule has 1 fully saturated rings. The molecule has 0 radical (unpaired) electrons. The van der Waals surface area contributed by atoms with Crippen molar-refractivity contribution < 1.29 is 19.0 Å². The normalized spacial score (nSPS) is 24.1. The van der Waals surface area contributed by atoms with Gasteiger partial charge in [-0.15, -0.1) is 0 Å². The lowest BCUT2D eigenvalue weighted by Crippen LogP contribution is -2.34. The minimum absolute atomic E-state index is 0.0899. The van der Waals surface area contributed by atoms with E-state index < -0.39 is 5.97 Å². The molecule has 0 spiro atoms. The van der Waals surface area contributed by atoms with Crippen LogP contribution in [0.2, 0.25) is 0 Å². The van der Waals surface area contributed by atoms with Gasteiger partial charge < -0.3 is 14.2 Å². The fourth-order valence-electron chi connectivity index (χ4n) is 2.94. The highest BCUT2D eigenvalue weighted by molar-refractivity contribution is 5.89. The van der Waals surface area contributed by atoms with Gasteiger partial charge in [0.1, 0.15) is 25.0 Å². The fourth-order valence-corrected chi connectivity index (χ4v) is 2.94. The van der Waals surface area contributed by atoms with Crippen LogP contribution in [0.4, 0.5) is 0 Å². The van der Waals surface area contributed by atoms with Crippen LogP contribution < -0.4 is 10.3 Å². The number of benzene rings is 1. The van der Waals surface area contributed by atoms with E-state index in [2.05, 4.69) is 4.98 Å². The van der Waals surface area contributed by atoms with Crippen molar-refractivity contribution in [2.75, 3.05) is 6.61 Å². The van der Waals surface area contributed by atoms with Gasteiger partial charge in [-0.1, -0.05) is 18.2 Å². The van der Waals surface area contributed by atoms with E-state index >= 15 is 0 Å². The predicted octanol–water partition coefficient (Wildman–Crippen LogP) is 1.46. The van der Waals surface area contributed by atoms with Crippen LogP contribution in [0.5, 0.6) is 6.01 Å². The molecule has 7 heteroatoms. The molecule has 0 amide bonds. The van der Waals surface area contributed by atoms with E-state index in [4.69, 9.17) is 14.2 Å². The number of fused-ring (bicyclic) bond motifs is 4. The standard InChI is InChI=1S/C17H16N2O5/c1-10-8-19-14-7-12(24-17(19)18-15(10)20)13(23-14)9-22-16(21)11-5-3-2-4-6-11/h2-6,8,12-14H,7,9H2,1H3/t12-,13-,14+/m0/s1. The molecule has 2 bridgehead atoms. The second-order valence-electron chi connectivity index (χ2n) is 5.90. The SMILES string of the molecule is Cc1cn2c(nc1=O)O[C@H]1C[C@H]2O[C@H]1COC(=O)c1ccccc1. The largest absolute Gasteiger partial charge is 0.459 e. The number of esters is 1. The molecule has 0 unspecified atom stereocenters. The molecular formula is C17H16N2O5. The van der Waals surface area contributed by atoms with Gasteiger partial charge in [0.2, 0.25) is 0 Å². The van der Waals surface area contributed by atoms with Crippen LogP contribution in [0.3, 0.4) is 0 Å². The van der Waals surface area contributed by atoms with Crippen molar-refractivity contribution >= 4 is 5.97 Å². The van der Waals surface area contributed by atoms with Gasteiger partial charge in [-0.25, -0.2) is 4.79 Å². The van der Waals surface area contributed by atoms with E-state index in [1.807, 2.05) is 6.07 Å². The predicted molar refractivity (Wildman–Crippen MR) is 82.9 cm³/mol. The number of hydrogen-bond acceptors (Lipinski definition) is 6. The fraction of sp³-hybridized carbons (Fsp3) is 0.353. The molecule has 1 saturated heterocycles. The summed E-state index contributed by atoms with van der Waals surface area (Å²) in [5, 5.41) is 0. The number of carbonyl (C=O) groups is 1. The number of ether oxygens (including phenoxy) is 3. The van der Waals surface area contributed by atoms with Crippen LogP contribution in [0.1, 0.15) is 28.6 Å². The summed E-state index contributed by atoms with van der Waals surface area (Å²) in [5.41, 5.74) is 0.711. The van der Waals surface area contributed by atoms with Gasteiger partial charge in [-0.3, -0.25) is 9.36 Å². The maximum Gasteiger partial charge on any atom is 0.338 e. The number of rotatable bonds is 3. The minimum Gasteiger partial charge on any atom is -0.459 e. The molecule has 3 atom stereocenters. The average Bonchev–Trinajstić information content (AvgIpc) is 2.93. The van der Waals surface area contributed by atoms with Crippen LogP contribution in [-0.4, -0.2) is 34.3 Å². The summed E-state index contributed by atoms with van der Waals surface area (Å²) in [6.07, 6.45) is 1.38. The Hall–Kier alpha value is -2.67. The van der Waals surface area contributed by atoms with Crippen molar-refractivity contribution in [1.82, 2.24) is 9.55 Å². The molecule has 0 N–H and O–H groups in total. The lowest BCUT2D eigenvalue weighted by atomic mass is 10.1. The monoisotopic (exact) mass is 328 g/mol. The molecule has 3 heterocycles. The molecule has 124 valence electrons. The van der Waals surface area contributed by atoms with Crippen LogP contribution in [0.15, 0.2) is 41.3 Å². The Morgan fingerprint density at radius 2 is 2.17 bits per heavy atom. The van der Waals surface area contributed by atoms with Crippen molar-refractivity contribution in [3.05, 3.63) is 58.0 Å². The van der Waals surface area contributed by atoms with Gasteiger partial charge in [0.25, 0.3) is 5.56 Å². The quantitative estimate of drug-likeness (QED) is 0.794. The summed E-state index contributed by atoms with van der Waals surface area (Å²) >= 11 is 0. The molecule has 2 aliphatic rings. The molecule has 2 aliphatic heterocycles. The van der Waals surface area contributed by atoms with E-state index in [-0.39, 0.29) is 36.6 Å². The van der Waals surface area contributed by atoms with Gasteiger partial charge in [0.15, 0.2) is 0 Å². The van der Waals surface area contributed by atoms with E-state index in [1.54, 1.807) is 42.0 Å². The number of nitrogens with zero attached hydrogens (tertiary/aromatic N) is 2. The highest BCUT2D eigenvalue weighted by atomic mass is 16.6. The zero-order valence-electron chi connectivity index (χ0n) is 13.0. The Morgan fingerprint density at radius 1 is 1.38 bits per heavy atom. The number of aromatic nitrogens is 2. The van der Waals surface area contributed by atoms with Crippen LogP contribution in [0.25, 0.3) is 0 Å². The summed E-state index contributed by atoms with van der Waals surface area (Å²) < 4.78 is 18.7. The Bertz CT molecular complexity index is 833. The Morgan fingerprint density at radius 3 is 2.96 bits per heavy atom. The van der Waals surface area contributed by atoms with E-state index in [0.717, 1.165) is 0 Å². The summed E-state index contributed by atoms with van der Waals surface area (Å²) in [7, 11) is 0. The van der Waals surface area contributed by atoms with Crippen molar-refractivity contribution in [3.63, 3.8) is 0 Å². The minimum atomic E-state index is -0.401. The maximum absolute atomic E-state index is 12.0. The van der Waals surface area contributed by atoms with Gasteiger partial charge in [-0.2, -0.15) is 4.98 Å². The van der Waals surface area contributed by atoms with Crippen molar-refractivity contribution in [2.45, 2.75) is 31.8 Å². The molecule has 1 aromatic carbocycles. The summed E-state index contributed by atoms with van der Waals surface area (Å²) in [5.74, 6) is -0.401. The number of carbonyl (C=O) groups excluding carboxylic acids is 1. The molecule has 2 aromatic rings. The smallest absolute Gasteiger partial charge is 0.338 e. The highest BCUT2D eigenvalue weighted by Crippen LogP contribution is 2.37. The summed E-state index contributed by atoms with van der Waals surface area (Å²) in [6.45, 7) is 1.79. The first kappa shape index (κ1) is 14.9. The maximum atomic E-state index is 12.0. The van der Waals surface area contributed by atoms with E-state index in [9.17, 15) is 9.59 Å². The lowest BCUT2D eigenvalue weighted by Gasteiger charge is -2.23. The Kier molecular flexibility index (Phi) is 3.57. The molecule has 24 heavy (non-hydrogen) atoms. The molecule has 7 nitrogen and oxygen atoms in total. The molecule has 0 saturated carbocycles. The zero-order valence-corrected chi connectivity index (χ0v) is 13.0. The Balaban J connectivity index is 1.45. The van der Waals surface area contributed by atoms with Gasteiger partial charge in [0.05, 0.1) is 5.56 Å². The van der Waals surface area contributed by atoms with E-state index in [0.29, 0.717) is 17.5 Å². The third-order valence-electron chi connectivity index (χ3n) is 4.22. The zero-order chi connectivity index (χ0) is 16.7. The number of aryl methyl sites for hydroxylation is 1. The first-order chi connectivity index (χ1) is 11.6. The van der Waals surface area contributed by atoms with Crippen molar-refractivity contribution in [3.8, 4) is 6.01 Å². The molecular weight excluding hydrogens is 312 g/mol. The summed E-state index contributed by atoms with van der Waals surface area (Å²) in [4.78, 5) is 27.6. The van der Waals surface area contributed by atoms with Gasteiger partial charge in [-0.05, 0) is 19.1 Å². The average molecular weight is 328 g/mol. The second kappa shape index (κ2) is 5.76. The van der Waals surface area contributed by atoms with E-state index in [1.165, 1.54) is 0 Å². The third kappa shape index (κ3) is 2.56. The van der Waals surface area contributed by atoms with Crippen molar-refractivity contribution in [1.29, 1.82) is 0 Å². The van der Waals surface area contributed by atoms with Crippen LogP contribution >= 0.6 is 0 Å². The van der Waals surface area contributed by atoms with Crippen LogP contribution in [-0.2, 0) is 9.47 Å². The van der Waals surface area contributed by atoms with Crippen LogP contribution in [0, 0.1) is 6.92 Å². The first-order valence-electron chi connectivity index (χ1n) is 7.76. The molecule has 0 aliphatic carbocycles. The van der Waals surface area contributed by atoms with Gasteiger partial charge in [0, 0.05) is 18.2 Å². The first-order valence-corrected chi connectivity index (χ1v) is 7.76. The second-order valence-corrected chi connectivity index (χ2v) is 5.90. The molecule has 4 rings (SSSR count). The van der Waals surface area contributed by atoms with Crippen molar-refractivity contribution in [2.24, 2.45) is 0 Å². The third-order valence-corrected chi connectivity index (χ3v) is 4.22. The number of hydrogen-bond donors (Lipinski definition) is 0. The Labute approximate surface area is 137 Å².